The zero-order chi connectivity index (χ0) is 9.56. The molecule has 0 aromatic heterocycles. The molecule has 3 N–H and O–H groups in total. The lowest BCUT2D eigenvalue weighted by molar-refractivity contribution is -0.122. The first kappa shape index (κ1) is 11.8. The molecule has 0 aliphatic heterocycles. The van der Waals surface area contributed by atoms with E-state index in [0.717, 1.165) is 11.5 Å². The SMILES string of the molecule is CCSCC(C)NC(=O)C(C)N. The molecule has 0 aliphatic rings. The van der Waals surface area contributed by atoms with Crippen molar-refractivity contribution in [3.63, 3.8) is 0 Å². The zero-order valence-electron chi connectivity index (χ0n) is 7.96. The van der Waals surface area contributed by atoms with E-state index in [1.165, 1.54) is 0 Å². The molecule has 0 saturated heterocycles. The van der Waals surface area contributed by atoms with Crippen LogP contribution in [0.3, 0.4) is 0 Å². The number of hydrogen-bond acceptors (Lipinski definition) is 3. The van der Waals surface area contributed by atoms with Crippen molar-refractivity contribution < 1.29 is 4.79 Å². The first-order valence-electron chi connectivity index (χ1n) is 4.21. The van der Waals surface area contributed by atoms with Gasteiger partial charge in [0.05, 0.1) is 6.04 Å². The van der Waals surface area contributed by atoms with Gasteiger partial charge in [-0.1, -0.05) is 6.92 Å². The highest BCUT2D eigenvalue weighted by atomic mass is 32.2. The third kappa shape index (κ3) is 5.43. The molecule has 0 radical (unpaired) electrons. The Morgan fingerprint density at radius 1 is 1.58 bits per heavy atom. The molecule has 0 rings (SSSR count). The Hall–Kier alpha value is -0.220. The average molecular weight is 190 g/mol. The number of hydrogen-bond donors (Lipinski definition) is 2. The number of carbonyl (C=O) groups is 1. The standard InChI is InChI=1S/C8H18N2OS/c1-4-12-5-6(2)10-8(11)7(3)9/h6-7H,4-5,9H2,1-3H3,(H,10,11). The van der Waals surface area contributed by atoms with Crippen molar-refractivity contribution in [2.24, 2.45) is 5.73 Å². The van der Waals surface area contributed by atoms with Crippen molar-refractivity contribution in [3.05, 3.63) is 0 Å². The zero-order valence-corrected chi connectivity index (χ0v) is 8.78. The smallest absolute Gasteiger partial charge is 0.236 e. The van der Waals surface area contributed by atoms with Gasteiger partial charge in [-0.2, -0.15) is 11.8 Å². The lowest BCUT2D eigenvalue weighted by atomic mass is 10.3. The maximum absolute atomic E-state index is 11.1. The first-order valence-corrected chi connectivity index (χ1v) is 5.37. The van der Waals surface area contributed by atoms with Gasteiger partial charge in [0, 0.05) is 11.8 Å². The molecule has 0 heterocycles. The number of nitrogens with two attached hydrogens (primary N) is 1. The Morgan fingerprint density at radius 3 is 2.58 bits per heavy atom. The lowest BCUT2D eigenvalue weighted by Crippen LogP contribution is -2.43. The van der Waals surface area contributed by atoms with Gasteiger partial charge < -0.3 is 11.1 Å². The molecule has 0 saturated carbocycles. The third-order valence-corrected chi connectivity index (χ3v) is 2.52. The molecule has 12 heavy (non-hydrogen) atoms. The molecule has 2 atom stereocenters. The van der Waals surface area contributed by atoms with Crippen LogP contribution in [0.4, 0.5) is 0 Å². The van der Waals surface area contributed by atoms with Crippen molar-refractivity contribution in [2.75, 3.05) is 11.5 Å². The Morgan fingerprint density at radius 2 is 2.17 bits per heavy atom. The van der Waals surface area contributed by atoms with Crippen molar-refractivity contribution in [1.29, 1.82) is 0 Å². The monoisotopic (exact) mass is 190 g/mol. The maximum atomic E-state index is 11.1. The van der Waals surface area contributed by atoms with E-state index in [4.69, 9.17) is 5.73 Å². The van der Waals surface area contributed by atoms with E-state index in [2.05, 4.69) is 12.2 Å². The summed E-state index contributed by atoms with van der Waals surface area (Å²) in [5.74, 6) is 1.96. The molecule has 0 bridgehead atoms. The summed E-state index contributed by atoms with van der Waals surface area (Å²) in [7, 11) is 0. The van der Waals surface area contributed by atoms with E-state index in [1.807, 2.05) is 18.7 Å². The fourth-order valence-electron chi connectivity index (χ4n) is 0.711. The number of thioether (sulfide) groups is 1. The van der Waals surface area contributed by atoms with Gasteiger partial charge in [-0.3, -0.25) is 4.79 Å². The quantitative estimate of drug-likeness (QED) is 0.667. The number of rotatable bonds is 5. The van der Waals surface area contributed by atoms with Crippen LogP contribution in [0.15, 0.2) is 0 Å². The molecule has 3 nitrogen and oxygen atoms in total. The van der Waals surface area contributed by atoms with E-state index in [1.54, 1.807) is 6.92 Å². The number of carbonyl (C=O) groups excluding carboxylic acids is 1. The summed E-state index contributed by atoms with van der Waals surface area (Å²) >= 11 is 1.81. The molecule has 72 valence electrons. The summed E-state index contributed by atoms with van der Waals surface area (Å²) in [4.78, 5) is 11.1. The molecule has 0 aliphatic carbocycles. The van der Waals surface area contributed by atoms with Gasteiger partial charge in [-0.25, -0.2) is 0 Å². The predicted octanol–water partition coefficient (Wildman–Crippen LogP) is 0.591. The maximum Gasteiger partial charge on any atom is 0.236 e. The summed E-state index contributed by atoms with van der Waals surface area (Å²) < 4.78 is 0. The Kier molecular flexibility index (Phi) is 6.20. The summed E-state index contributed by atoms with van der Waals surface area (Å²) in [5.41, 5.74) is 5.39. The second kappa shape index (κ2) is 6.31. The summed E-state index contributed by atoms with van der Waals surface area (Å²) in [5, 5.41) is 2.83. The van der Waals surface area contributed by atoms with Gasteiger partial charge in [-0.15, -0.1) is 0 Å². The van der Waals surface area contributed by atoms with E-state index < -0.39 is 6.04 Å². The predicted molar refractivity (Wildman–Crippen MR) is 54.3 cm³/mol. The first-order chi connectivity index (χ1) is 5.57. The van der Waals surface area contributed by atoms with Crippen molar-refractivity contribution in [1.82, 2.24) is 5.32 Å². The summed E-state index contributed by atoms with van der Waals surface area (Å²) in [6.07, 6.45) is 0. The Balaban J connectivity index is 3.54. The highest BCUT2D eigenvalue weighted by Gasteiger charge is 2.10. The van der Waals surface area contributed by atoms with Crippen LogP contribution >= 0.6 is 11.8 Å². The average Bonchev–Trinajstić information content (AvgIpc) is 2.00. The largest absolute Gasteiger partial charge is 0.351 e. The molecule has 2 unspecified atom stereocenters. The van der Waals surface area contributed by atoms with Crippen LogP contribution in [0.1, 0.15) is 20.8 Å². The second-order valence-corrected chi connectivity index (χ2v) is 4.18. The fourth-order valence-corrected chi connectivity index (χ4v) is 1.38. The van der Waals surface area contributed by atoms with Crippen LogP contribution in [0, 0.1) is 0 Å². The van der Waals surface area contributed by atoms with E-state index in [-0.39, 0.29) is 11.9 Å². The normalized spacial score (nSPS) is 15.3. The molecule has 0 aromatic rings. The lowest BCUT2D eigenvalue weighted by Gasteiger charge is -2.14. The minimum Gasteiger partial charge on any atom is -0.351 e. The highest BCUT2D eigenvalue weighted by Crippen LogP contribution is 2.00. The van der Waals surface area contributed by atoms with Crippen LogP contribution in [0.2, 0.25) is 0 Å². The minimum atomic E-state index is -0.404. The van der Waals surface area contributed by atoms with Gasteiger partial charge in [0.25, 0.3) is 0 Å². The van der Waals surface area contributed by atoms with E-state index in [0.29, 0.717) is 0 Å². The summed E-state index contributed by atoms with van der Waals surface area (Å²) in [6.45, 7) is 5.78. The molecular weight excluding hydrogens is 172 g/mol. The van der Waals surface area contributed by atoms with Gasteiger partial charge in [0.15, 0.2) is 0 Å². The van der Waals surface area contributed by atoms with Crippen molar-refractivity contribution in [2.45, 2.75) is 32.9 Å². The topological polar surface area (TPSA) is 55.1 Å². The van der Waals surface area contributed by atoms with Crippen LogP contribution in [-0.4, -0.2) is 29.5 Å². The molecule has 4 heteroatoms. The number of amides is 1. The molecule has 1 amide bonds. The van der Waals surface area contributed by atoms with Crippen molar-refractivity contribution in [3.8, 4) is 0 Å². The molecule has 0 fully saturated rings. The number of nitrogens with one attached hydrogen (secondary N) is 1. The van der Waals surface area contributed by atoms with Gasteiger partial charge >= 0.3 is 0 Å². The molecule has 0 spiro atoms. The van der Waals surface area contributed by atoms with Crippen LogP contribution in [-0.2, 0) is 4.79 Å². The highest BCUT2D eigenvalue weighted by molar-refractivity contribution is 7.99. The van der Waals surface area contributed by atoms with E-state index in [9.17, 15) is 4.79 Å². The third-order valence-electron chi connectivity index (χ3n) is 1.37. The second-order valence-electron chi connectivity index (χ2n) is 2.86. The van der Waals surface area contributed by atoms with Gasteiger partial charge in [-0.05, 0) is 19.6 Å². The molecule has 0 aromatic carbocycles. The van der Waals surface area contributed by atoms with Gasteiger partial charge in [0.1, 0.15) is 0 Å². The minimum absolute atomic E-state index is 0.0702. The van der Waals surface area contributed by atoms with Crippen LogP contribution in [0.25, 0.3) is 0 Å². The fraction of sp³-hybridized carbons (Fsp3) is 0.875. The van der Waals surface area contributed by atoms with Gasteiger partial charge in [0.2, 0.25) is 5.91 Å². The molecular formula is C8H18N2OS. The van der Waals surface area contributed by atoms with Crippen LogP contribution in [0.5, 0.6) is 0 Å². The summed E-state index contributed by atoms with van der Waals surface area (Å²) in [6, 6.07) is -0.187. The Labute approximate surface area is 78.5 Å². The Bertz CT molecular complexity index is 139. The van der Waals surface area contributed by atoms with E-state index >= 15 is 0 Å². The van der Waals surface area contributed by atoms with Crippen molar-refractivity contribution >= 4 is 17.7 Å². The van der Waals surface area contributed by atoms with Crippen LogP contribution < -0.4 is 11.1 Å².